The van der Waals surface area contributed by atoms with Gasteiger partial charge in [-0.05, 0) is 30.7 Å². The molecule has 0 aliphatic heterocycles. The fraction of sp³-hybridized carbons (Fsp3) is 0.235. The molecule has 3 nitrogen and oxygen atoms in total. The lowest BCUT2D eigenvalue weighted by Gasteiger charge is -2.14. The second kappa shape index (κ2) is 7.80. The van der Waals surface area contributed by atoms with Crippen LogP contribution in [0.2, 0.25) is 5.02 Å². The van der Waals surface area contributed by atoms with Gasteiger partial charge in [0.05, 0.1) is 24.1 Å². The lowest BCUT2D eigenvalue weighted by Crippen LogP contribution is -2.27. The van der Waals surface area contributed by atoms with E-state index in [2.05, 4.69) is 5.32 Å². The van der Waals surface area contributed by atoms with Crippen LogP contribution in [-0.2, 0) is 4.79 Å². The standard InChI is InChI=1S/C17H17ClFNO2/c1-12(13-5-3-2-4-6-13)20-17(21)9-10-22-16-8-7-14(19)11-15(16)18/h2-8,11-12H,9-10H2,1H3,(H,20,21). The normalized spacial score (nSPS) is 11.8. The van der Waals surface area contributed by atoms with Crippen molar-refractivity contribution >= 4 is 17.5 Å². The molecule has 1 unspecified atom stereocenters. The summed E-state index contributed by atoms with van der Waals surface area (Å²) in [5.41, 5.74) is 1.04. The van der Waals surface area contributed by atoms with E-state index in [0.717, 1.165) is 5.56 Å². The maximum atomic E-state index is 12.9. The van der Waals surface area contributed by atoms with E-state index in [9.17, 15) is 9.18 Å². The molecule has 0 heterocycles. The summed E-state index contributed by atoms with van der Waals surface area (Å²) in [5.74, 6) is -0.173. The van der Waals surface area contributed by atoms with Crippen LogP contribution in [0, 0.1) is 5.82 Å². The molecule has 0 saturated heterocycles. The molecule has 116 valence electrons. The number of hydrogen-bond donors (Lipinski definition) is 1. The molecule has 0 aromatic heterocycles. The molecule has 0 fully saturated rings. The number of hydrogen-bond acceptors (Lipinski definition) is 2. The number of carbonyl (C=O) groups excluding carboxylic acids is 1. The van der Waals surface area contributed by atoms with Crippen molar-refractivity contribution in [3.05, 3.63) is 64.9 Å². The molecule has 1 N–H and O–H groups in total. The van der Waals surface area contributed by atoms with Crippen molar-refractivity contribution in [3.63, 3.8) is 0 Å². The summed E-state index contributed by atoms with van der Waals surface area (Å²) in [4.78, 5) is 11.9. The molecule has 0 bridgehead atoms. The summed E-state index contributed by atoms with van der Waals surface area (Å²) in [6.07, 6.45) is 0.199. The fourth-order valence-corrected chi connectivity index (χ4v) is 2.21. The quantitative estimate of drug-likeness (QED) is 0.869. The Morgan fingerprint density at radius 3 is 2.68 bits per heavy atom. The van der Waals surface area contributed by atoms with Gasteiger partial charge in [0, 0.05) is 0 Å². The van der Waals surface area contributed by atoms with Crippen molar-refractivity contribution in [3.8, 4) is 5.75 Å². The van der Waals surface area contributed by atoms with Gasteiger partial charge in [-0.15, -0.1) is 0 Å². The minimum Gasteiger partial charge on any atom is -0.491 e. The van der Waals surface area contributed by atoms with Gasteiger partial charge in [0.25, 0.3) is 0 Å². The van der Waals surface area contributed by atoms with Crippen LogP contribution in [0.3, 0.4) is 0 Å². The molecule has 0 spiro atoms. The van der Waals surface area contributed by atoms with E-state index in [0.29, 0.717) is 5.75 Å². The van der Waals surface area contributed by atoms with E-state index in [4.69, 9.17) is 16.3 Å². The molecule has 2 aromatic carbocycles. The highest BCUT2D eigenvalue weighted by Crippen LogP contribution is 2.24. The van der Waals surface area contributed by atoms with Crippen LogP contribution < -0.4 is 10.1 Å². The highest BCUT2D eigenvalue weighted by molar-refractivity contribution is 6.32. The summed E-state index contributed by atoms with van der Waals surface area (Å²) in [5, 5.41) is 3.09. The number of rotatable bonds is 6. The molecule has 1 atom stereocenters. The van der Waals surface area contributed by atoms with Crippen LogP contribution in [0.25, 0.3) is 0 Å². The first kappa shape index (κ1) is 16.3. The molecule has 2 rings (SSSR count). The number of ether oxygens (including phenoxy) is 1. The summed E-state index contributed by atoms with van der Waals surface area (Å²) < 4.78 is 18.3. The maximum absolute atomic E-state index is 12.9. The molecule has 5 heteroatoms. The van der Waals surface area contributed by atoms with Crippen molar-refractivity contribution in [1.29, 1.82) is 0 Å². The summed E-state index contributed by atoms with van der Waals surface area (Å²) in [7, 11) is 0. The number of carbonyl (C=O) groups is 1. The average Bonchev–Trinajstić information content (AvgIpc) is 2.50. The Hall–Kier alpha value is -2.07. The van der Waals surface area contributed by atoms with Crippen LogP contribution >= 0.6 is 11.6 Å². The number of nitrogens with one attached hydrogen (secondary N) is 1. The van der Waals surface area contributed by atoms with E-state index in [1.807, 2.05) is 37.3 Å². The van der Waals surface area contributed by atoms with Crippen molar-refractivity contribution in [2.75, 3.05) is 6.61 Å². The van der Waals surface area contributed by atoms with Crippen molar-refractivity contribution in [2.24, 2.45) is 0 Å². The van der Waals surface area contributed by atoms with Crippen molar-refractivity contribution in [1.82, 2.24) is 5.32 Å². The molecule has 0 saturated carbocycles. The van der Waals surface area contributed by atoms with Crippen molar-refractivity contribution < 1.29 is 13.9 Å². The molecule has 1 amide bonds. The molecule has 22 heavy (non-hydrogen) atoms. The highest BCUT2D eigenvalue weighted by atomic mass is 35.5. The second-order valence-electron chi connectivity index (χ2n) is 4.87. The minimum atomic E-state index is -0.424. The predicted octanol–water partition coefficient (Wildman–Crippen LogP) is 4.13. The number of halogens is 2. The third kappa shape index (κ3) is 4.74. The fourth-order valence-electron chi connectivity index (χ4n) is 1.98. The van der Waals surface area contributed by atoms with Gasteiger partial charge in [-0.2, -0.15) is 0 Å². The largest absolute Gasteiger partial charge is 0.491 e. The second-order valence-corrected chi connectivity index (χ2v) is 5.28. The zero-order valence-electron chi connectivity index (χ0n) is 12.2. The number of amides is 1. The highest BCUT2D eigenvalue weighted by Gasteiger charge is 2.10. The minimum absolute atomic E-state index is 0.0666. The molecular weight excluding hydrogens is 305 g/mol. The summed E-state index contributed by atoms with van der Waals surface area (Å²) >= 11 is 5.84. The Labute approximate surface area is 134 Å². The average molecular weight is 322 g/mol. The lowest BCUT2D eigenvalue weighted by molar-refractivity contribution is -0.122. The van der Waals surface area contributed by atoms with E-state index >= 15 is 0 Å². The molecule has 2 aromatic rings. The zero-order chi connectivity index (χ0) is 15.9. The van der Waals surface area contributed by atoms with Crippen LogP contribution in [0.5, 0.6) is 5.75 Å². The SMILES string of the molecule is CC(NC(=O)CCOc1ccc(F)cc1Cl)c1ccccc1. The molecular formula is C17H17ClFNO2. The van der Waals surface area contributed by atoms with E-state index in [1.54, 1.807) is 0 Å². The predicted molar refractivity (Wildman–Crippen MR) is 84.5 cm³/mol. The van der Waals surface area contributed by atoms with Crippen LogP contribution in [0.4, 0.5) is 4.39 Å². The summed E-state index contributed by atoms with van der Waals surface area (Å²) in [6.45, 7) is 2.10. The Bertz CT molecular complexity index is 634. The van der Waals surface area contributed by atoms with E-state index in [-0.39, 0.29) is 30.0 Å². The smallest absolute Gasteiger partial charge is 0.223 e. The molecule has 0 radical (unpaired) electrons. The Kier molecular flexibility index (Phi) is 5.78. The Morgan fingerprint density at radius 1 is 1.27 bits per heavy atom. The van der Waals surface area contributed by atoms with Crippen molar-refractivity contribution in [2.45, 2.75) is 19.4 Å². The van der Waals surface area contributed by atoms with Gasteiger partial charge in [0.1, 0.15) is 11.6 Å². The van der Waals surface area contributed by atoms with Gasteiger partial charge in [0.15, 0.2) is 0 Å². The van der Waals surface area contributed by atoms with Gasteiger partial charge in [-0.25, -0.2) is 4.39 Å². The first-order valence-electron chi connectivity index (χ1n) is 6.98. The monoisotopic (exact) mass is 321 g/mol. The van der Waals surface area contributed by atoms with Gasteiger partial charge in [0.2, 0.25) is 5.91 Å². The van der Waals surface area contributed by atoms with Gasteiger partial charge in [-0.1, -0.05) is 41.9 Å². The van der Waals surface area contributed by atoms with E-state index < -0.39 is 5.82 Å². The topological polar surface area (TPSA) is 38.3 Å². The lowest BCUT2D eigenvalue weighted by atomic mass is 10.1. The maximum Gasteiger partial charge on any atom is 0.223 e. The zero-order valence-corrected chi connectivity index (χ0v) is 12.9. The van der Waals surface area contributed by atoms with E-state index in [1.165, 1.54) is 18.2 Å². The van der Waals surface area contributed by atoms with Crippen LogP contribution in [-0.4, -0.2) is 12.5 Å². The third-order valence-corrected chi connectivity index (χ3v) is 3.45. The Balaban J connectivity index is 1.78. The van der Waals surface area contributed by atoms with Crippen LogP contribution in [0.1, 0.15) is 24.9 Å². The number of benzene rings is 2. The summed E-state index contributed by atoms with van der Waals surface area (Å²) in [6, 6.07) is 13.5. The van der Waals surface area contributed by atoms with Gasteiger partial charge < -0.3 is 10.1 Å². The third-order valence-electron chi connectivity index (χ3n) is 3.16. The molecule has 0 aliphatic carbocycles. The molecule has 0 aliphatic rings. The Morgan fingerprint density at radius 2 is 2.00 bits per heavy atom. The first-order valence-corrected chi connectivity index (χ1v) is 7.36. The van der Waals surface area contributed by atoms with Gasteiger partial charge >= 0.3 is 0 Å². The van der Waals surface area contributed by atoms with Crippen LogP contribution in [0.15, 0.2) is 48.5 Å². The first-order chi connectivity index (χ1) is 10.6. The van der Waals surface area contributed by atoms with Gasteiger partial charge in [-0.3, -0.25) is 4.79 Å².